The van der Waals surface area contributed by atoms with Crippen molar-refractivity contribution in [2.75, 3.05) is 18.0 Å². The van der Waals surface area contributed by atoms with Crippen molar-refractivity contribution in [3.63, 3.8) is 0 Å². The van der Waals surface area contributed by atoms with Crippen LogP contribution in [0.2, 0.25) is 0 Å². The standard InChI is InChI=1S/C25H24N6O2S/c32-23(29-17-7-4-9-26-13-17)22-21-20-19(8-10-28-24(20)34-22)31(25(33)30-21)18-11-16(12-27-14-18)15-5-2-1-3-6-15/h1-3,5-6,8,10-12,14,17,21-22,26H,4,7,9,13H2,(H,29,32)(H,30,33)/t17?,21?,22-/m1/s1. The van der Waals surface area contributed by atoms with Crippen LogP contribution in [-0.4, -0.2) is 46.3 Å². The van der Waals surface area contributed by atoms with Crippen LogP contribution in [0.25, 0.3) is 11.1 Å². The fourth-order valence-electron chi connectivity index (χ4n) is 4.88. The number of aromatic nitrogens is 2. The van der Waals surface area contributed by atoms with Crippen LogP contribution in [-0.2, 0) is 4.79 Å². The summed E-state index contributed by atoms with van der Waals surface area (Å²) >= 11 is 1.42. The second-order valence-corrected chi connectivity index (χ2v) is 9.83. The molecule has 172 valence electrons. The third-order valence-corrected chi connectivity index (χ3v) is 7.79. The van der Waals surface area contributed by atoms with E-state index in [-0.39, 0.29) is 18.0 Å². The van der Waals surface area contributed by atoms with Gasteiger partial charge in [-0.25, -0.2) is 9.78 Å². The van der Waals surface area contributed by atoms with Gasteiger partial charge in [0.1, 0.15) is 10.3 Å². The van der Waals surface area contributed by atoms with Crippen LogP contribution in [0.15, 0.2) is 66.1 Å². The predicted molar refractivity (Wildman–Crippen MR) is 131 cm³/mol. The van der Waals surface area contributed by atoms with E-state index in [9.17, 15) is 9.59 Å². The van der Waals surface area contributed by atoms with Crippen LogP contribution in [0.5, 0.6) is 0 Å². The molecule has 0 saturated carbocycles. The molecule has 0 spiro atoms. The Morgan fingerprint density at radius 3 is 2.85 bits per heavy atom. The van der Waals surface area contributed by atoms with E-state index < -0.39 is 11.3 Å². The fourth-order valence-corrected chi connectivity index (χ4v) is 6.11. The number of carbonyl (C=O) groups is 2. The second-order valence-electron chi connectivity index (χ2n) is 8.70. The summed E-state index contributed by atoms with van der Waals surface area (Å²) < 4.78 is 0. The van der Waals surface area contributed by atoms with Crippen molar-refractivity contribution in [2.24, 2.45) is 0 Å². The Morgan fingerprint density at radius 1 is 1.15 bits per heavy atom. The number of rotatable bonds is 4. The molecule has 3 amide bonds. The van der Waals surface area contributed by atoms with Crippen LogP contribution in [0.1, 0.15) is 24.4 Å². The third kappa shape index (κ3) is 3.70. The number of amides is 3. The molecule has 1 saturated heterocycles. The number of piperidine rings is 1. The lowest BCUT2D eigenvalue weighted by Gasteiger charge is -2.34. The summed E-state index contributed by atoms with van der Waals surface area (Å²) in [5.41, 5.74) is 4.24. The second kappa shape index (κ2) is 8.73. The summed E-state index contributed by atoms with van der Waals surface area (Å²) in [5.74, 6) is -0.0610. The van der Waals surface area contributed by atoms with Crippen LogP contribution in [0.3, 0.4) is 0 Å². The molecule has 3 atom stereocenters. The summed E-state index contributed by atoms with van der Waals surface area (Å²) in [6, 6.07) is 13.1. The number of hydrogen-bond acceptors (Lipinski definition) is 6. The average molecular weight is 473 g/mol. The number of hydrogen-bond donors (Lipinski definition) is 3. The van der Waals surface area contributed by atoms with Crippen molar-refractivity contribution in [1.82, 2.24) is 25.9 Å². The van der Waals surface area contributed by atoms with E-state index >= 15 is 0 Å². The number of urea groups is 1. The zero-order valence-electron chi connectivity index (χ0n) is 18.4. The van der Waals surface area contributed by atoms with Gasteiger partial charge in [-0.15, -0.1) is 0 Å². The van der Waals surface area contributed by atoms with E-state index in [4.69, 9.17) is 0 Å². The van der Waals surface area contributed by atoms with Gasteiger partial charge in [-0.2, -0.15) is 0 Å². The number of benzene rings is 1. The lowest BCUT2D eigenvalue weighted by atomic mass is 9.99. The largest absolute Gasteiger partial charge is 0.351 e. The Bertz CT molecular complexity index is 1250. The highest BCUT2D eigenvalue weighted by Crippen LogP contribution is 2.50. The molecule has 0 aliphatic carbocycles. The summed E-state index contributed by atoms with van der Waals surface area (Å²) in [6.07, 6.45) is 7.17. The molecule has 9 heteroatoms. The Balaban J connectivity index is 1.32. The van der Waals surface area contributed by atoms with Crippen LogP contribution in [0.4, 0.5) is 16.2 Å². The maximum Gasteiger partial charge on any atom is 0.327 e. The van der Waals surface area contributed by atoms with Crippen molar-refractivity contribution in [3.05, 3.63) is 66.6 Å². The van der Waals surface area contributed by atoms with Crippen LogP contribution < -0.4 is 20.9 Å². The van der Waals surface area contributed by atoms with Gasteiger partial charge in [-0.3, -0.25) is 14.7 Å². The predicted octanol–water partition coefficient (Wildman–Crippen LogP) is 3.39. The van der Waals surface area contributed by atoms with E-state index in [1.165, 1.54) is 11.8 Å². The van der Waals surface area contributed by atoms with Crippen LogP contribution in [0, 0.1) is 0 Å². The fraction of sp³-hybridized carbons (Fsp3) is 0.280. The Kier molecular flexibility index (Phi) is 5.43. The third-order valence-electron chi connectivity index (χ3n) is 6.50. The van der Waals surface area contributed by atoms with E-state index in [1.807, 2.05) is 42.5 Å². The van der Waals surface area contributed by atoms with Gasteiger partial charge in [-0.1, -0.05) is 42.1 Å². The number of thioether (sulfide) groups is 1. The molecule has 2 unspecified atom stereocenters. The van der Waals surface area contributed by atoms with Gasteiger partial charge in [0.05, 0.1) is 23.6 Å². The molecule has 3 N–H and O–H groups in total. The van der Waals surface area contributed by atoms with Gasteiger partial charge in [0.2, 0.25) is 5.91 Å². The number of nitrogens with zero attached hydrogens (tertiary/aromatic N) is 3. The highest BCUT2D eigenvalue weighted by molar-refractivity contribution is 8.01. The topological polar surface area (TPSA) is 99.2 Å². The minimum atomic E-state index is -0.453. The molecule has 0 radical (unpaired) electrons. The van der Waals surface area contributed by atoms with Gasteiger partial charge in [0.15, 0.2) is 0 Å². The lowest BCUT2D eigenvalue weighted by Crippen LogP contribution is -2.52. The van der Waals surface area contributed by atoms with Crippen LogP contribution >= 0.6 is 11.8 Å². The number of carbonyl (C=O) groups excluding carboxylic acids is 2. The first-order chi connectivity index (χ1) is 16.7. The lowest BCUT2D eigenvalue weighted by molar-refractivity contribution is -0.121. The Morgan fingerprint density at radius 2 is 2.03 bits per heavy atom. The first kappa shape index (κ1) is 21.1. The highest BCUT2D eigenvalue weighted by atomic mass is 32.2. The highest BCUT2D eigenvalue weighted by Gasteiger charge is 2.47. The monoisotopic (exact) mass is 472 g/mol. The zero-order valence-corrected chi connectivity index (χ0v) is 19.2. The summed E-state index contributed by atoms with van der Waals surface area (Å²) in [6.45, 7) is 1.76. The number of nitrogens with one attached hydrogen (secondary N) is 3. The molecule has 1 aromatic carbocycles. The van der Waals surface area contributed by atoms with Crippen molar-refractivity contribution < 1.29 is 9.59 Å². The average Bonchev–Trinajstić information content (AvgIpc) is 3.25. The van der Waals surface area contributed by atoms with E-state index in [0.29, 0.717) is 5.69 Å². The molecule has 34 heavy (non-hydrogen) atoms. The van der Waals surface area contributed by atoms with Gasteiger partial charge in [-0.05, 0) is 37.1 Å². The smallest absolute Gasteiger partial charge is 0.327 e. The first-order valence-corrected chi connectivity index (χ1v) is 12.3. The van der Waals surface area contributed by atoms with E-state index in [2.05, 4.69) is 25.9 Å². The van der Waals surface area contributed by atoms with Gasteiger partial charge >= 0.3 is 6.03 Å². The molecule has 3 aliphatic heterocycles. The van der Waals surface area contributed by atoms with Gasteiger partial charge in [0, 0.05) is 36.1 Å². The van der Waals surface area contributed by atoms with Crippen molar-refractivity contribution in [3.8, 4) is 11.1 Å². The number of anilines is 2. The molecule has 0 bridgehead atoms. The molecule has 2 aromatic heterocycles. The molecular weight excluding hydrogens is 448 g/mol. The van der Waals surface area contributed by atoms with Gasteiger partial charge in [0.25, 0.3) is 0 Å². The first-order valence-electron chi connectivity index (χ1n) is 11.5. The van der Waals surface area contributed by atoms with E-state index in [1.54, 1.807) is 23.5 Å². The SMILES string of the molecule is O=C(NC1CCCNC1)[C@@H]1Sc2nccc3c2C1NC(=O)N3c1cncc(-c2ccccc2)c1. The molecule has 3 aliphatic rings. The van der Waals surface area contributed by atoms with Crippen molar-refractivity contribution in [1.29, 1.82) is 0 Å². The molecular formula is C25H24N6O2S. The van der Waals surface area contributed by atoms with Crippen molar-refractivity contribution >= 4 is 35.1 Å². The number of pyridine rings is 2. The molecule has 3 aromatic rings. The molecule has 5 heterocycles. The normalized spacial score (nSPS) is 23.2. The van der Waals surface area contributed by atoms with E-state index in [0.717, 1.165) is 53.3 Å². The quantitative estimate of drug-likeness (QED) is 0.538. The Hall–Kier alpha value is -3.43. The van der Waals surface area contributed by atoms with Gasteiger partial charge < -0.3 is 16.0 Å². The van der Waals surface area contributed by atoms with Crippen molar-refractivity contribution in [2.45, 2.75) is 35.2 Å². The minimum absolute atomic E-state index is 0.0610. The maximum absolute atomic E-state index is 13.4. The Labute approximate surface area is 201 Å². The summed E-state index contributed by atoms with van der Waals surface area (Å²) in [7, 11) is 0. The summed E-state index contributed by atoms with van der Waals surface area (Å²) in [5, 5.41) is 9.88. The minimum Gasteiger partial charge on any atom is -0.351 e. The molecule has 6 rings (SSSR count). The zero-order chi connectivity index (χ0) is 23.1. The molecule has 1 fully saturated rings. The molecule has 8 nitrogen and oxygen atoms in total. The summed E-state index contributed by atoms with van der Waals surface area (Å²) in [4.78, 5) is 37.1. The maximum atomic E-state index is 13.4.